The fourth-order valence-corrected chi connectivity index (χ4v) is 14.9. The Labute approximate surface area is 184 Å². The summed E-state index contributed by atoms with van der Waals surface area (Å²) in [6.07, 6.45) is 2.99. The minimum Gasteiger partial charge on any atom is -0.244 e. The number of rotatable bonds is 9. The van der Waals surface area contributed by atoms with Crippen LogP contribution in [0.25, 0.3) is 0 Å². The molecule has 7 heteroatoms. The van der Waals surface area contributed by atoms with Crippen LogP contribution in [0.4, 0.5) is 0 Å². The number of nitrogens with zero attached hydrogens (tertiary/aromatic N) is 1. The Bertz CT molecular complexity index is 1050. The van der Waals surface area contributed by atoms with Gasteiger partial charge in [0.25, 0.3) is 10.0 Å². The van der Waals surface area contributed by atoms with Crippen molar-refractivity contribution in [1.82, 2.24) is 0 Å². The quantitative estimate of drug-likeness (QED) is 0.409. The third-order valence-corrected chi connectivity index (χ3v) is 15.3. The van der Waals surface area contributed by atoms with Crippen molar-refractivity contribution in [3.63, 3.8) is 0 Å². The molecule has 0 amide bonds. The molecule has 0 aromatic heterocycles. The van der Waals surface area contributed by atoms with Gasteiger partial charge in [-0.1, -0.05) is 82.2 Å². The van der Waals surface area contributed by atoms with Crippen molar-refractivity contribution in [2.75, 3.05) is 0 Å². The molecule has 3 atom stereocenters. The highest BCUT2D eigenvalue weighted by Crippen LogP contribution is 2.35. The van der Waals surface area contributed by atoms with Gasteiger partial charge in [0.15, 0.2) is 0 Å². The van der Waals surface area contributed by atoms with Crippen molar-refractivity contribution in [3.8, 4) is 0 Å². The van der Waals surface area contributed by atoms with E-state index in [-0.39, 0.29) is 15.7 Å². The second-order valence-corrected chi connectivity index (χ2v) is 19.1. The molecule has 0 fully saturated rings. The highest BCUT2D eigenvalue weighted by molar-refractivity contribution is 8.04. The van der Waals surface area contributed by atoms with E-state index in [0.29, 0.717) is 4.90 Å². The first-order chi connectivity index (χ1) is 13.9. The summed E-state index contributed by atoms with van der Waals surface area (Å²) in [6.45, 7) is 12.6. The van der Waals surface area contributed by atoms with E-state index in [2.05, 4.69) is 37.3 Å². The number of hydrogen-bond acceptors (Lipinski definition) is 3. The normalized spacial score (nSPS) is 16.5. The predicted molar refractivity (Wildman–Crippen MR) is 129 cm³/mol. The van der Waals surface area contributed by atoms with Crippen LogP contribution in [-0.4, -0.2) is 25.6 Å². The van der Waals surface area contributed by atoms with Crippen molar-refractivity contribution in [2.45, 2.75) is 74.3 Å². The van der Waals surface area contributed by atoms with Gasteiger partial charge < -0.3 is 0 Å². The number of unbranched alkanes of at least 4 members (excludes halogenated alkanes) is 1. The van der Waals surface area contributed by atoms with Crippen LogP contribution in [-0.2, 0) is 19.8 Å². The molecule has 0 heterocycles. The highest BCUT2D eigenvalue weighted by Gasteiger charge is 2.42. The Morgan fingerprint density at radius 2 is 1.47 bits per heavy atom. The maximum atomic E-state index is 14.7. The molecular formula is C23H35NO3S2Si. The van der Waals surface area contributed by atoms with Gasteiger partial charge in [0.1, 0.15) is 0 Å². The molecule has 0 aliphatic heterocycles. The van der Waals surface area contributed by atoms with Crippen molar-refractivity contribution < 1.29 is 12.6 Å². The minimum absolute atomic E-state index is 0.0901. The summed E-state index contributed by atoms with van der Waals surface area (Å²) in [7, 11) is -9.34. The summed E-state index contributed by atoms with van der Waals surface area (Å²) >= 11 is 0. The summed E-state index contributed by atoms with van der Waals surface area (Å²) in [4.78, 5) is 0.322. The van der Waals surface area contributed by atoms with Gasteiger partial charge in [0.05, 0.1) is 22.7 Å². The first kappa shape index (κ1) is 24.8. The number of aryl methyl sites for hydroxylation is 1. The second kappa shape index (κ2) is 9.79. The smallest absolute Gasteiger partial charge is 0.244 e. The lowest BCUT2D eigenvalue weighted by molar-refractivity contribution is 0.521. The Kier molecular flexibility index (Phi) is 8.10. The molecule has 3 unspecified atom stereocenters. The first-order valence-electron chi connectivity index (χ1n) is 10.6. The average Bonchev–Trinajstić information content (AvgIpc) is 2.66. The molecule has 166 valence electrons. The molecule has 2 rings (SSSR count). The van der Waals surface area contributed by atoms with Gasteiger partial charge in [-0.3, -0.25) is 0 Å². The molecule has 4 nitrogen and oxygen atoms in total. The molecule has 0 spiro atoms. The predicted octanol–water partition coefficient (Wildman–Crippen LogP) is 6.28. The fourth-order valence-electron chi connectivity index (χ4n) is 4.08. The molecule has 0 radical (unpaired) electrons. The molecule has 0 aliphatic carbocycles. The summed E-state index contributed by atoms with van der Waals surface area (Å²) in [5, 5.41) is 0. The lowest BCUT2D eigenvalue weighted by atomic mass is 10.1. The summed E-state index contributed by atoms with van der Waals surface area (Å²) in [5.41, 5.74) is 0.964. The monoisotopic (exact) mass is 465 g/mol. The van der Waals surface area contributed by atoms with Crippen LogP contribution >= 0.6 is 0 Å². The van der Waals surface area contributed by atoms with Gasteiger partial charge in [0.2, 0.25) is 0 Å². The van der Waals surface area contributed by atoms with Crippen molar-refractivity contribution in [1.29, 1.82) is 0 Å². The summed E-state index contributed by atoms with van der Waals surface area (Å²) in [6, 6.07) is 15.6. The van der Waals surface area contributed by atoms with Gasteiger partial charge in [-0.05, 0) is 43.5 Å². The van der Waals surface area contributed by atoms with Crippen molar-refractivity contribution in [3.05, 3.63) is 60.2 Å². The third kappa shape index (κ3) is 5.83. The van der Waals surface area contributed by atoms with E-state index in [1.165, 1.54) is 0 Å². The number of sulfonamides is 1. The molecule has 0 bridgehead atoms. The van der Waals surface area contributed by atoms with E-state index in [0.717, 1.165) is 24.8 Å². The van der Waals surface area contributed by atoms with Crippen LogP contribution in [0.5, 0.6) is 0 Å². The third-order valence-electron chi connectivity index (χ3n) is 5.34. The zero-order valence-corrected chi connectivity index (χ0v) is 21.6. The Morgan fingerprint density at radius 3 is 1.97 bits per heavy atom. The van der Waals surface area contributed by atoms with E-state index < -0.39 is 27.8 Å². The van der Waals surface area contributed by atoms with Gasteiger partial charge in [0, 0.05) is 9.77 Å². The van der Waals surface area contributed by atoms with E-state index in [1.54, 1.807) is 48.5 Å². The van der Waals surface area contributed by atoms with Gasteiger partial charge >= 0.3 is 0 Å². The van der Waals surface area contributed by atoms with Crippen LogP contribution < -0.4 is 0 Å². The molecule has 2 aromatic carbocycles. The lowest BCUT2D eigenvalue weighted by Gasteiger charge is -2.36. The zero-order chi connectivity index (χ0) is 22.6. The summed E-state index contributed by atoms with van der Waals surface area (Å²) < 4.78 is 45.5. The Hall–Kier alpha value is -1.44. The van der Waals surface area contributed by atoms with Crippen LogP contribution in [0.3, 0.4) is 0 Å². The fraction of sp³-hybridized carbons (Fsp3) is 0.478. The molecule has 0 saturated heterocycles. The Balaban J connectivity index is 2.79. The molecule has 0 saturated carbocycles. The SMILES string of the molecule is CCCCC(C)C([Si](C)(C)C)S(=O)(=NS(=O)(=O)c1ccc(C)cc1)c1ccccc1. The van der Waals surface area contributed by atoms with Crippen molar-refractivity contribution in [2.24, 2.45) is 9.69 Å². The first-order valence-corrected chi connectivity index (χ1v) is 17.2. The van der Waals surface area contributed by atoms with Crippen LogP contribution in [0.1, 0.15) is 38.7 Å². The Morgan fingerprint density at radius 1 is 0.900 bits per heavy atom. The van der Waals surface area contributed by atoms with E-state index in [4.69, 9.17) is 0 Å². The lowest BCUT2D eigenvalue weighted by Crippen LogP contribution is -2.48. The number of benzene rings is 2. The standard InChI is InChI=1S/C23H35NO3S2Si/c1-7-8-12-20(3)23(30(4,5)6)28(25,21-13-10-9-11-14-21)24-29(26,27)22-17-15-19(2)16-18-22/h9-11,13-18,20,23H,7-8,12H2,1-6H3. The zero-order valence-electron chi connectivity index (χ0n) is 19.0. The molecular weight excluding hydrogens is 430 g/mol. The van der Waals surface area contributed by atoms with E-state index >= 15 is 0 Å². The molecule has 2 aromatic rings. The van der Waals surface area contributed by atoms with Crippen molar-refractivity contribution >= 4 is 27.8 Å². The molecule has 0 N–H and O–H groups in total. The van der Waals surface area contributed by atoms with Crippen LogP contribution in [0.2, 0.25) is 19.6 Å². The number of hydrogen-bond donors (Lipinski definition) is 0. The van der Waals surface area contributed by atoms with Gasteiger partial charge in [-0.15, -0.1) is 3.77 Å². The molecule has 30 heavy (non-hydrogen) atoms. The topological polar surface area (TPSA) is 63.6 Å². The van der Waals surface area contributed by atoms with E-state index in [9.17, 15) is 12.6 Å². The van der Waals surface area contributed by atoms with Crippen LogP contribution in [0, 0.1) is 12.8 Å². The largest absolute Gasteiger partial charge is 0.290 e. The molecule has 0 aliphatic rings. The summed E-state index contributed by atoms with van der Waals surface area (Å²) in [5.74, 6) is 0.112. The maximum Gasteiger partial charge on any atom is 0.290 e. The minimum atomic E-state index is -4.07. The maximum absolute atomic E-state index is 14.7. The highest BCUT2D eigenvalue weighted by atomic mass is 32.3. The van der Waals surface area contributed by atoms with Gasteiger partial charge in [-0.25, -0.2) is 4.21 Å². The second-order valence-electron chi connectivity index (χ2n) is 9.15. The van der Waals surface area contributed by atoms with Crippen LogP contribution in [0.15, 0.2) is 68.2 Å². The van der Waals surface area contributed by atoms with Gasteiger partial charge in [-0.2, -0.15) is 8.42 Å². The van der Waals surface area contributed by atoms with E-state index in [1.807, 2.05) is 13.0 Å². The average molecular weight is 466 g/mol.